The number of carbonyl (C=O) groups is 1. The molecule has 4 rings (SSSR count). The first kappa shape index (κ1) is 16.3. The number of β-amino-alcohol motifs (C(OH)–C–C–N with tert-alkyl or cyclic N) is 1. The van der Waals surface area contributed by atoms with Gasteiger partial charge in [-0.25, -0.2) is 4.98 Å². The van der Waals surface area contributed by atoms with E-state index in [1.807, 2.05) is 19.1 Å². The standard InChI is InChI=1S/C18H25N5O2/c1-12-10-23(11-14(12)24)18(25)16-13-6-7-15(19-17(13)21-20-16)22-8-4-2-3-5-9-22/h6-7,12,14,24H,2-5,8-11H2,1H3,(H,19,20,21)/t12-,14+/m0/s1. The minimum atomic E-state index is -0.453. The summed E-state index contributed by atoms with van der Waals surface area (Å²) in [7, 11) is 0. The molecule has 0 aromatic carbocycles. The monoisotopic (exact) mass is 343 g/mol. The van der Waals surface area contributed by atoms with Crippen LogP contribution in [0.5, 0.6) is 0 Å². The number of carbonyl (C=O) groups excluding carboxylic acids is 1. The van der Waals surface area contributed by atoms with Crippen molar-refractivity contribution in [3.05, 3.63) is 17.8 Å². The number of likely N-dealkylation sites (tertiary alicyclic amines) is 1. The van der Waals surface area contributed by atoms with Gasteiger partial charge in [-0.1, -0.05) is 19.8 Å². The lowest BCUT2D eigenvalue weighted by atomic mass is 10.1. The highest BCUT2D eigenvalue weighted by Crippen LogP contribution is 2.24. The Bertz CT molecular complexity index is 756. The number of nitrogens with zero attached hydrogens (tertiary/aromatic N) is 4. The minimum absolute atomic E-state index is 0.103. The fourth-order valence-electron chi connectivity index (χ4n) is 3.80. The molecule has 0 bridgehead atoms. The minimum Gasteiger partial charge on any atom is -0.391 e. The van der Waals surface area contributed by atoms with E-state index in [0.29, 0.717) is 24.4 Å². The van der Waals surface area contributed by atoms with Crippen LogP contribution < -0.4 is 4.90 Å². The number of aromatic nitrogens is 3. The quantitative estimate of drug-likeness (QED) is 0.868. The Balaban J connectivity index is 1.58. The van der Waals surface area contributed by atoms with E-state index < -0.39 is 6.10 Å². The first-order valence-corrected chi connectivity index (χ1v) is 9.21. The van der Waals surface area contributed by atoms with E-state index in [1.54, 1.807) is 4.90 Å². The molecule has 7 nitrogen and oxygen atoms in total. The molecule has 2 N–H and O–H groups in total. The van der Waals surface area contributed by atoms with Gasteiger partial charge in [0, 0.05) is 32.1 Å². The van der Waals surface area contributed by atoms with Crippen LogP contribution in [0.15, 0.2) is 12.1 Å². The number of fused-ring (bicyclic) bond motifs is 1. The van der Waals surface area contributed by atoms with Gasteiger partial charge in [-0.3, -0.25) is 9.89 Å². The molecule has 7 heteroatoms. The third-order valence-corrected chi connectivity index (χ3v) is 5.41. The molecular weight excluding hydrogens is 318 g/mol. The summed E-state index contributed by atoms with van der Waals surface area (Å²) in [4.78, 5) is 21.4. The van der Waals surface area contributed by atoms with Crippen molar-refractivity contribution in [2.75, 3.05) is 31.1 Å². The molecule has 2 saturated heterocycles. The number of nitrogens with one attached hydrogen (secondary N) is 1. The van der Waals surface area contributed by atoms with Crippen molar-refractivity contribution >= 4 is 22.8 Å². The van der Waals surface area contributed by atoms with Crippen LogP contribution in [-0.4, -0.2) is 63.4 Å². The molecule has 2 aliphatic rings. The molecule has 25 heavy (non-hydrogen) atoms. The number of aliphatic hydroxyl groups excluding tert-OH is 1. The Morgan fingerprint density at radius 3 is 2.64 bits per heavy atom. The number of anilines is 1. The lowest BCUT2D eigenvalue weighted by molar-refractivity contribution is 0.0761. The molecule has 134 valence electrons. The normalized spacial score (nSPS) is 24.7. The number of hydrogen-bond donors (Lipinski definition) is 2. The number of rotatable bonds is 2. The maximum absolute atomic E-state index is 12.8. The van der Waals surface area contributed by atoms with Crippen molar-refractivity contribution < 1.29 is 9.90 Å². The van der Waals surface area contributed by atoms with Crippen LogP contribution in [-0.2, 0) is 0 Å². The molecule has 2 aromatic rings. The van der Waals surface area contributed by atoms with Crippen LogP contribution in [0.2, 0.25) is 0 Å². The van der Waals surface area contributed by atoms with Crippen LogP contribution in [0.25, 0.3) is 11.0 Å². The van der Waals surface area contributed by atoms with Crippen molar-refractivity contribution in [2.45, 2.75) is 38.7 Å². The second-order valence-electron chi connectivity index (χ2n) is 7.30. The van der Waals surface area contributed by atoms with Crippen LogP contribution in [0.4, 0.5) is 5.82 Å². The highest BCUT2D eigenvalue weighted by molar-refractivity contribution is 6.04. The smallest absolute Gasteiger partial charge is 0.272 e. The average molecular weight is 343 g/mol. The maximum Gasteiger partial charge on any atom is 0.272 e. The van der Waals surface area contributed by atoms with E-state index in [1.165, 1.54) is 25.7 Å². The topological polar surface area (TPSA) is 85.4 Å². The summed E-state index contributed by atoms with van der Waals surface area (Å²) in [5.74, 6) is 0.922. The van der Waals surface area contributed by atoms with Crippen LogP contribution >= 0.6 is 0 Å². The molecule has 0 saturated carbocycles. The first-order valence-electron chi connectivity index (χ1n) is 9.21. The van der Waals surface area contributed by atoms with E-state index in [0.717, 1.165) is 24.3 Å². The third kappa shape index (κ3) is 3.08. The summed E-state index contributed by atoms with van der Waals surface area (Å²) < 4.78 is 0. The zero-order valence-corrected chi connectivity index (χ0v) is 14.6. The Morgan fingerprint density at radius 2 is 1.96 bits per heavy atom. The third-order valence-electron chi connectivity index (χ3n) is 5.41. The largest absolute Gasteiger partial charge is 0.391 e. The Hall–Kier alpha value is -2.15. The summed E-state index contributed by atoms with van der Waals surface area (Å²) >= 11 is 0. The molecule has 2 aromatic heterocycles. The van der Waals surface area contributed by atoms with E-state index >= 15 is 0 Å². The molecule has 2 atom stereocenters. The van der Waals surface area contributed by atoms with Gasteiger partial charge < -0.3 is 14.9 Å². The van der Waals surface area contributed by atoms with Gasteiger partial charge in [0.25, 0.3) is 5.91 Å². The number of H-pyrrole nitrogens is 1. The van der Waals surface area contributed by atoms with Gasteiger partial charge in [0.1, 0.15) is 11.5 Å². The number of amides is 1. The second kappa shape index (κ2) is 6.63. The predicted octanol–water partition coefficient (Wildman–Crippen LogP) is 1.79. The average Bonchev–Trinajstić information content (AvgIpc) is 3.06. The molecule has 1 amide bonds. The summed E-state index contributed by atoms with van der Waals surface area (Å²) in [5, 5.41) is 17.8. The highest BCUT2D eigenvalue weighted by Gasteiger charge is 2.32. The highest BCUT2D eigenvalue weighted by atomic mass is 16.3. The fraction of sp³-hybridized carbons (Fsp3) is 0.611. The molecule has 2 fully saturated rings. The Kier molecular flexibility index (Phi) is 4.33. The van der Waals surface area contributed by atoms with Crippen molar-refractivity contribution in [1.82, 2.24) is 20.1 Å². The molecule has 0 radical (unpaired) electrons. The number of aromatic amines is 1. The first-order chi connectivity index (χ1) is 12.1. The number of aliphatic hydroxyl groups is 1. The van der Waals surface area contributed by atoms with Gasteiger partial charge in [0.05, 0.1) is 11.5 Å². The van der Waals surface area contributed by atoms with Crippen LogP contribution in [0, 0.1) is 5.92 Å². The lowest BCUT2D eigenvalue weighted by Crippen LogP contribution is -2.30. The van der Waals surface area contributed by atoms with Crippen molar-refractivity contribution in [2.24, 2.45) is 5.92 Å². The van der Waals surface area contributed by atoms with E-state index in [-0.39, 0.29) is 11.8 Å². The summed E-state index contributed by atoms with van der Waals surface area (Å²) in [6.45, 7) is 4.95. The van der Waals surface area contributed by atoms with Gasteiger partial charge in [0.2, 0.25) is 0 Å². The van der Waals surface area contributed by atoms with Crippen molar-refractivity contribution in [3.63, 3.8) is 0 Å². The summed E-state index contributed by atoms with van der Waals surface area (Å²) in [6, 6.07) is 3.93. The zero-order chi connectivity index (χ0) is 17.4. The number of pyridine rings is 1. The van der Waals surface area contributed by atoms with Gasteiger partial charge in [-0.2, -0.15) is 5.10 Å². The molecule has 0 unspecified atom stereocenters. The molecule has 0 spiro atoms. The molecular formula is C18H25N5O2. The van der Waals surface area contributed by atoms with Gasteiger partial charge in [0.15, 0.2) is 5.65 Å². The van der Waals surface area contributed by atoms with Crippen LogP contribution in [0.1, 0.15) is 43.1 Å². The van der Waals surface area contributed by atoms with Crippen molar-refractivity contribution in [1.29, 1.82) is 0 Å². The second-order valence-corrected chi connectivity index (χ2v) is 7.30. The molecule has 4 heterocycles. The SMILES string of the molecule is C[C@H]1CN(C(=O)c2[nH]nc3nc(N4CCCCCC4)ccc23)C[C@H]1O. The lowest BCUT2D eigenvalue weighted by Gasteiger charge is -2.21. The fourth-order valence-corrected chi connectivity index (χ4v) is 3.80. The Labute approximate surface area is 147 Å². The predicted molar refractivity (Wildman–Crippen MR) is 95.6 cm³/mol. The number of hydrogen-bond acceptors (Lipinski definition) is 5. The van der Waals surface area contributed by atoms with E-state index in [2.05, 4.69) is 20.1 Å². The summed E-state index contributed by atoms with van der Waals surface area (Å²) in [6.07, 6.45) is 4.49. The van der Waals surface area contributed by atoms with Crippen LogP contribution in [0.3, 0.4) is 0 Å². The van der Waals surface area contributed by atoms with Gasteiger partial charge in [-0.05, 0) is 25.0 Å². The van der Waals surface area contributed by atoms with Crippen molar-refractivity contribution in [3.8, 4) is 0 Å². The van der Waals surface area contributed by atoms with E-state index in [4.69, 9.17) is 0 Å². The van der Waals surface area contributed by atoms with Gasteiger partial charge >= 0.3 is 0 Å². The summed E-state index contributed by atoms with van der Waals surface area (Å²) in [5.41, 5.74) is 1.05. The maximum atomic E-state index is 12.8. The zero-order valence-electron chi connectivity index (χ0n) is 14.6. The van der Waals surface area contributed by atoms with E-state index in [9.17, 15) is 9.90 Å². The molecule has 0 aliphatic carbocycles. The Morgan fingerprint density at radius 1 is 1.20 bits per heavy atom. The molecule has 2 aliphatic heterocycles. The van der Waals surface area contributed by atoms with Gasteiger partial charge in [-0.15, -0.1) is 0 Å².